The van der Waals surface area contributed by atoms with Gasteiger partial charge >= 0.3 is 6.18 Å². The Balaban J connectivity index is 1.39. The molecular formula is C42H43F3O. The molecule has 0 bridgehead atoms. The number of aryl methyl sites for hydroxylation is 1. The lowest BCUT2D eigenvalue weighted by molar-refractivity contribution is -0.138. The zero-order valence-electron chi connectivity index (χ0n) is 27.0. The third-order valence-electron chi connectivity index (χ3n) is 10.3. The van der Waals surface area contributed by atoms with Gasteiger partial charge in [-0.15, -0.1) is 0 Å². The maximum Gasteiger partial charge on any atom is 0.416 e. The lowest BCUT2D eigenvalue weighted by Crippen LogP contribution is -2.10. The molecule has 0 saturated heterocycles. The van der Waals surface area contributed by atoms with Crippen molar-refractivity contribution < 1.29 is 18.3 Å². The molecule has 5 aromatic carbocycles. The average Bonchev–Trinajstić information content (AvgIpc) is 3.26. The van der Waals surface area contributed by atoms with Crippen LogP contribution in [0.25, 0.3) is 21.9 Å². The van der Waals surface area contributed by atoms with Crippen LogP contribution >= 0.6 is 0 Å². The normalized spacial score (nSPS) is 18.0. The zero-order chi connectivity index (χ0) is 32.4. The second kappa shape index (κ2) is 13.4. The molecule has 4 heteroatoms. The van der Waals surface area contributed by atoms with E-state index in [1.165, 1.54) is 55.4 Å². The van der Waals surface area contributed by atoms with Gasteiger partial charge in [-0.2, -0.15) is 13.2 Å². The molecule has 1 aliphatic rings. The minimum atomic E-state index is -4.49. The fourth-order valence-corrected chi connectivity index (χ4v) is 7.62. The summed E-state index contributed by atoms with van der Waals surface area (Å²) in [7, 11) is 0. The number of halogens is 3. The lowest BCUT2D eigenvalue weighted by atomic mass is 9.83. The summed E-state index contributed by atoms with van der Waals surface area (Å²) < 4.78 is 42.2. The van der Waals surface area contributed by atoms with E-state index in [-0.39, 0.29) is 23.7 Å². The van der Waals surface area contributed by atoms with Crippen LogP contribution in [0.3, 0.4) is 0 Å². The number of aromatic hydroxyl groups is 1. The smallest absolute Gasteiger partial charge is 0.416 e. The van der Waals surface area contributed by atoms with Gasteiger partial charge in [0.2, 0.25) is 0 Å². The molecule has 1 N–H and O–H groups in total. The molecule has 1 saturated carbocycles. The molecule has 0 amide bonds. The number of rotatable bonds is 7. The summed E-state index contributed by atoms with van der Waals surface area (Å²) in [4.78, 5) is 0. The highest BCUT2D eigenvalue weighted by Gasteiger charge is 2.33. The summed E-state index contributed by atoms with van der Waals surface area (Å²) in [6.07, 6.45) is 3.22. The maximum absolute atomic E-state index is 14.1. The van der Waals surface area contributed by atoms with Crippen LogP contribution in [-0.4, -0.2) is 5.11 Å². The predicted octanol–water partition coefficient (Wildman–Crippen LogP) is 12.0. The second-order valence-corrected chi connectivity index (χ2v) is 13.5. The van der Waals surface area contributed by atoms with Gasteiger partial charge in [0.05, 0.1) is 5.56 Å². The molecule has 46 heavy (non-hydrogen) atoms. The van der Waals surface area contributed by atoms with Gasteiger partial charge in [0, 0.05) is 23.5 Å². The largest absolute Gasteiger partial charge is 0.507 e. The SMILES string of the molecule is Cc1c(C(C)c2ccc(CC3CCCC(C)CC3)cc2)ccc2cc(-c3ccccc3)c(O)c(Cc3ccccc3C(F)(F)F)c12. The first-order valence-electron chi connectivity index (χ1n) is 16.7. The third kappa shape index (κ3) is 6.72. The fourth-order valence-electron chi connectivity index (χ4n) is 7.62. The minimum Gasteiger partial charge on any atom is -0.507 e. The standard InChI is InChI=1S/C42H43F3O/c1-27-10-9-11-30(17-16-27)24-31-18-20-32(21-19-31)28(2)36-23-22-35-26-37(33-12-5-4-6-13-33)41(46)38(40(35)29(36)3)25-34-14-7-8-15-39(34)42(43,44)45/h4-8,12-15,18-23,26-28,30,46H,9-11,16-17,24-25H2,1-3H3. The molecule has 6 rings (SSSR count). The molecule has 1 fully saturated rings. The van der Waals surface area contributed by atoms with E-state index in [0.717, 1.165) is 51.8 Å². The van der Waals surface area contributed by atoms with E-state index in [9.17, 15) is 18.3 Å². The second-order valence-electron chi connectivity index (χ2n) is 13.5. The zero-order valence-corrected chi connectivity index (χ0v) is 27.0. The van der Waals surface area contributed by atoms with E-state index in [4.69, 9.17) is 0 Å². The van der Waals surface area contributed by atoms with Crippen molar-refractivity contribution in [2.75, 3.05) is 0 Å². The van der Waals surface area contributed by atoms with E-state index < -0.39 is 11.7 Å². The van der Waals surface area contributed by atoms with Crippen LogP contribution in [0.4, 0.5) is 13.2 Å². The quantitative estimate of drug-likeness (QED) is 0.180. The highest BCUT2D eigenvalue weighted by atomic mass is 19.4. The van der Waals surface area contributed by atoms with Crippen molar-refractivity contribution in [1.29, 1.82) is 0 Å². The highest BCUT2D eigenvalue weighted by Crippen LogP contribution is 2.44. The van der Waals surface area contributed by atoms with Crippen LogP contribution in [0, 0.1) is 18.8 Å². The molecule has 0 spiro atoms. The molecule has 0 heterocycles. The summed E-state index contributed by atoms with van der Waals surface area (Å²) in [6, 6.07) is 30.4. The summed E-state index contributed by atoms with van der Waals surface area (Å²) in [5, 5.41) is 13.5. The lowest BCUT2D eigenvalue weighted by Gasteiger charge is -2.22. The van der Waals surface area contributed by atoms with Gasteiger partial charge in [-0.3, -0.25) is 0 Å². The number of phenolic OH excluding ortho intramolecular Hbond substituents is 1. The first-order chi connectivity index (χ1) is 22.1. The maximum atomic E-state index is 14.1. The Labute approximate surface area is 271 Å². The first-order valence-corrected chi connectivity index (χ1v) is 16.7. The van der Waals surface area contributed by atoms with Crippen LogP contribution in [-0.2, 0) is 19.0 Å². The van der Waals surface area contributed by atoms with E-state index in [1.807, 2.05) is 43.3 Å². The van der Waals surface area contributed by atoms with Crippen LogP contribution in [0.15, 0.2) is 97.1 Å². The van der Waals surface area contributed by atoms with Crippen molar-refractivity contribution in [3.05, 3.63) is 136 Å². The molecule has 3 unspecified atom stereocenters. The Hall–Kier alpha value is -4.05. The Morgan fingerprint density at radius 1 is 0.826 bits per heavy atom. The van der Waals surface area contributed by atoms with Crippen molar-refractivity contribution in [2.24, 2.45) is 11.8 Å². The molecule has 3 atom stereocenters. The van der Waals surface area contributed by atoms with Crippen molar-refractivity contribution >= 4 is 10.8 Å². The van der Waals surface area contributed by atoms with Crippen molar-refractivity contribution in [3.63, 3.8) is 0 Å². The number of alkyl halides is 3. The topological polar surface area (TPSA) is 20.2 Å². The number of hydrogen-bond acceptors (Lipinski definition) is 1. The fraction of sp³-hybridized carbons (Fsp3) is 0.333. The van der Waals surface area contributed by atoms with Crippen LogP contribution in [0.2, 0.25) is 0 Å². The minimum absolute atomic E-state index is 0.0286. The van der Waals surface area contributed by atoms with Crippen LogP contribution in [0.1, 0.15) is 90.8 Å². The van der Waals surface area contributed by atoms with Crippen molar-refractivity contribution in [3.8, 4) is 16.9 Å². The summed E-state index contributed by atoms with van der Waals surface area (Å²) in [5.74, 6) is 1.69. The van der Waals surface area contributed by atoms with Gasteiger partial charge in [-0.1, -0.05) is 124 Å². The number of hydrogen-bond donors (Lipinski definition) is 1. The Kier molecular flexibility index (Phi) is 9.27. The monoisotopic (exact) mass is 620 g/mol. The van der Waals surface area contributed by atoms with Gasteiger partial charge in [-0.25, -0.2) is 0 Å². The number of phenols is 1. The van der Waals surface area contributed by atoms with Gasteiger partial charge < -0.3 is 5.11 Å². The van der Waals surface area contributed by atoms with Crippen molar-refractivity contribution in [1.82, 2.24) is 0 Å². The van der Waals surface area contributed by atoms with Gasteiger partial charge in [0.1, 0.15) is 5.75 Å². The molecule has 1 nitrogen and oxygen atoms in total. The first kappa shape index (κ1) is 31.9. The number of fused-ring (bicyclic) bond motifs is 1. The van der Waals surface area contributed by atoms with Crippen LogP contribution < -0.4 is 0 Å². The van der Waals surface area contributed by atoms with Gasteiger partial charge in [-0.05, 0) is 87.9 Å². The molecular weight excluding hydrogens is 577 g/mol. The van der Waals surface area contributed by atoms with E-state index in [1.54, 1.807) is 6.07 Å². The number of benzene rings is 5. The molecule has 0 radical (unpaired) electrons. The third-order valence-corrected chi connectivity index (χ3v) is 10.3. The Morgan fingerprint density at radius 2 is 1.54 bits per heavy atom. The average molecular weight is 621 g/mol. The summed E-state index contributed by atoms with van der Waals surface area (Å²) >= 11 is 0. The van der Waals surface area contributed by atoms with Gasteiger partial charge in [0.25, 0.3) is 0 Å². The molecule has 0 aromatic heterocycles. The molecule has 0 aliphatic heterocycles. The summed E-state index contributed by atoms with van der Waals surface area (Å²) in [5.41, 5.74) is 6.11. The molecule has 1 aliphatic carbocycles. The Bertz CT molecular complexity index is 1800. The summed E-state index contributed by atoms with van der Waals surface area (Å²) in [6.45, 7) is 6.60. The highest BCUT2D eigenvalue weighted by molar-refractivity contribution is 5.97. The van der Waals surface area contributed by atoms with Crippen molar-refractivity contribution in [2.45, 2.75) is 77.8 Å². The Morgan fingerprint density at radius 3 is 2.28 bits per heavy atom. The van der Waals surface area contributed by atoms with E-state index in [0.29, 0.717) is 11.1 Å². The van der Waals surface area contributed by atoms with E-state index >= 15 is 0 Å². The predicted molar refractivity (Wildman–Crippen MR) is 183 cm³/mol. The van der Waals surface area contributed by atoms with Gasteiger partial charge in [0.15, 0.2) is 0 Å². The molecule has 5 aromatic rings. The molecule has 238 valence electrons. The van der Waals surface area contributed by atoms with E-state index in [2.05, 4.69) is 50.2 Å². The van der Waals surface area contributed by atoms with Crippen LogP contribution in [0.5, 0.6) is 5.75 Å².